The van der Waals surface area contributed by atoms with Crippen LogP contribution in [0.1, 0.15) is 88.7 Å². The largest absolute Gasteiger partial charge is 0.508 e. The lowest BCUT2D eigenvalue weighted by molar-refractivity contribution is 0.441. The van der Waals surface area contributed by atoms with Crippen LogP contribution in [0.4, 0.5) is 0 Å². The zero-order chi connectivity index (χ0) is 16.2. The van der Waals surface area contributed by atoms with Crippen molar-refractivity contribution in [3.63, 3.8) is 0 Å². The Kier molecular flexibility index (Phi) is 9.77. The van der Waals surface area contributed by atoms with Gasteiger partial charge in [0.25, 0.3) is 0 Å². The quantitative estimate of drug-likeness (QED) is 0.447. The van der Waals surface area contributed by atoms with Gasteiger partial charge in [0.1, 0.15) is 11.5 Å². The summed E-state index contributed by atoms with van der Waals surface area (Å²) in [6.07, 6.45) is 15.7. The fourth-order valence-electron chi connectivity index (χ4n) is 2.88. The van der Waals surface area contributed by atoms with Crippen LogP contribution in [0.5, 0.6) is 11.5 Å². The Bertz CT molecular complexity index is 389. The van der Waals surface area contributed by atoms with Gasteiger partial charge in [0.15, 0.2) is 0 Å². The molecule has 0 aliphatic carbocycles. The molecule has 1 rings (SSSR count). The summed E-state index contributed by atoms with van der Waals surface area (Å²) >= 11 is 0. The molecule has 0 amide bonds. The summed E-state index contributed by atoms with van der Waals surface area (Å²) in [5.41, 5.74) is 1.61. The van der Waals surface area contributed by atoms with Crippen LogP contribution in [0, 0.1) is 6.92 Å². The number of unbranched alkanes of at least 4 members (excludes halogenated alkanes) is 10. The highest BCUT2D eigenvalue weighted by molar-refractivity contribution is 5.45. The number of benzene rings is 1. The van der Waals surface area contributed by atoms with Crippen LogP contribution in [0.2, 0.25) is 0 Å². The number of hydrogen-bond donors (Lipinski definition) is 2. The smallest absolute Gasteiger partial charge is 0.122 e. The van der Waals surface area contributed by atoms with Crippen molar-refractivity contribution in [2.45, 2.75) is 90.9 Å². The summed E-state index contributed by atoms with van der Waals surface area (Å²) < 4.78 is 0. The molecule has 0 saturated heterocycles. The summed E-state index contributed by atoms with van der Waals surface area (Å²) in [7, 11) is 0. The van der Waals surface area contributed by atoms with E-state index < -0.39 is 0 Å². The molecule has 2 heteroatoms. The van der Waals surface area contributed by atoms with E-state index >= 15 is 0 Å². The predicted molar refractivity (Wildman–Crippen MR) is 94.7 cm³/mol. The Labute approximate surface area is 136 Å². The second kappa shape index (κ2) is 11.4. The summed E-state index contributed by atoms with van der Waals surface area (Å²) in [6.45, 7) is 4.00. The van der Waals surface area contributed by atoms with E-state index in [1.165, 1.54) is 64.2 Å². The van der Waals surface area contributed by atoms with Gasteiger partial charge in [-0.15, -0.1) is 0 Å². The zero-order valence-electron chi connectivity index (χ0n) is 14.5. The molecule has 1 aromatic rings. The lowest BCUT2D eigenvalue weighted by Crippen LogP contribution is -1.88. The first-order chi connectivity index (χ1) is 10.6. The highest BCUT2D eigenvalue weighted by Crippen LogP contribution is 2.28. The normalized spacial score (nSPS) is 11.0. The van der Waals surface area contributed by atoms with Crippen LogP contribution in [-0.4, -0.2) is 10.2 Å². The Hall–Kier alpha value is -1.18. The van der Waals surface area contributed by atoms with Crippen LogP contribution >= 0.6 is 0 Å². The highest BCUT2D eigenvalue weighted by atomic mass is 16.3. The van der Waals surface area contributed by atoms with Crippen LogP contribution in [-0.2, 0) is 6.42 Å². The monoisotopic (exact) mass is 306 g/mol. The van der Waals surface area contributed by atoms with Crippen molar-refractivity contribution in [2.24, 2.45) is 0 Å². The minimum absolute atomic E-state index is 0.207. The minimum Gasteiger partial charge on any atom is -0.508 e. The molecular formula is C20H34O2. The van der Waals surface area contributed by atoms with Crippen molar-refractivity contribution < 1.29 is 10.2 Å². The standard InChI is InChI=1S/C20H34O2/c1-3-4-5-6-7-8-9-10-11-12-13-14-18-15-19(21)17(2)20(22)16-18/h15-16,21-22H,3-14H2,1-2H3. The zero-order valence-corrected chi connectivity index (χ0v) is 14.5. The fourth-order valence-corrected chi connectivity index (χ4v) is 2.88. The van der Waals surface area contributed by atoms with Crippen LogP contribution in [0.3, 0.4) is 0 Å². The van der Waals surface area contributed by atoms with Crippen LogP contribution in [0.15, 0.2) is 12.1 Å². The molecule has 0 unspecified atom stereocenters. The number of rotatable bonds is 12. The Morgan fingerprint density at radius 1 is 0.682 bits per heavy atom. The van der Waals surface area contributed by atoms with Gasteiger partial charge in [-0.1, -0.05) is 71.1 Å². The first kappa shape index (κ1) is 18.9. The van der Waals surface area contributed by atoms with Gasteiger partial charge >= 0.3 is 0 Å². The molecule has 1 aromatic carbocycles. The van der Waals surface area contributed by atoms with Crippen molar-refractivity contribution in [2.75, 3.05) is 0 Å². The van der Waals surface area contributed by atoms with Crippen molar-refractivity contribution in [3.05, 3.63) is 23.3 Å². The molecule has 0 aliphatic heterocycles. The average molecular weight is 306 g/mol. The van der Waals surface area contributed by atoms with Gasteiger partial charge in [-0.05, 0) is 37.5 Å². The predicted octanol–water partition coefficient (Wildman–Crippen LogP) is 6.26. The van der Waals surface area contributed by atoms with E-state index in [1.807, 2.05) is 0 Å². The molecule has 0 saturated carbocycles. The van der Waals surface area contributed by atoms with Crippen molar-refractivity contribution >= 4 is 0 Å². The maximum atomic E-state index is 9.70. The van der Waals surface area contributed by atoms with E-state index in [2.05, 4.69) is 6.92 Å². The number of phenolic OH excluding ortho intramolecular Hbond substituents is 2. The van der Waals surface area contributed by atoms with Gasteiger partial charge in [-0.25, -0.2) is 0 Å². The van der Waals surface area contributed by atoms with Gasteiger partial charge in [-0.3, -0.25) is 0 Å². The van der Waals surface area contributed by atoms with E-state index in [9.17, 15) is 10.2 Å². The van der Waals surface area contributed by atoms with Gasteiger partial charge < -0.3 is 10.2 Å². The lowest BCUT2D eigenvalue weighted by Gasteiger charge is -2.07. The fraction of sp³-hybridized carbons (Fsp3) is 0.700. The molecular weight excluding hydrogens is 272 g/mol. The third kappa shape index (κ3) is 7.72. The van der Waals surface area contributed by atoms with Crippen molar-refractivity contribution in [1.29, 1.82) is 0 Å². The summed E-state index contributed by atoms with van der Waals surface area (Å²) in [5, 5.41) is 19.4. The maximum absolute atomic E-state index is 9.70. The minimum atomic E-state index is 0.207. The molecule has 2 nitrogen and oxygen atoms in total. The summed E-state index contributed by atoms with van der Waals surface area (Å²) in [4.78, 5) is 0. The molecule has 0 fully saturated rings. The van der Waals surface area contributed by atoms with Gasteiger partial charge in [-0.2, -0.15) is 0 Å². The molecule has 0 atom stereocenters. The van der Waals surface area contributed by atoms with Crippen LogP contribution in [0.25, 0.3) is 0 Å². The molecule has 0 bridgehead atoms. The van der Waals surface area contributed by atoms with E-state index in [4.69, 9.17) is 0 Å². The second-order valence-electron chi connectivity index (χ2n) is 6.54. The molecule has 0 spiro atoms. The number of phenols is 2. The molecule has 0 heterocycles. The van der Waals surface area contributed by atoms with Gasteiger partial charge in [0.05, 0.1) is 0 Å². The second-order valence-corrected chi connectivity index (χ2v) is 6.54. The molecule has 0 radical (unpaired) electrons. The molecule has 2 N–H and O–H groups in total. The Morgan fingerprint density at radius 2 is 1.09 bits per heavy atom. The Balaban J connectivity index is 2.00. The molecule has 126 valence electrons. The first-order valence-electron chi connectivity index (χ1n) is 9.16. The lowest BCUT2D eigenvalue weighted by atomic mass is 10.0. The molecule has 22 heavy (non-hydrogen) atoms. The average Bonchev–Trinajstić information content (AvgIpc) is 2.50. The SMILES string of the molecule is CCCCCCCCCCCCCc1cc(O)c(C)c(O)c1. The van der Waals surface area contributed by atoms with Crippen molar-refractivity contribution in [3.8, 4) is 11.5 Å². The maximum Gasteiger partial charge on any atom is 0.122 e. The third-order valence-electron chi connectivity index (χ3n) is 4.48. The topological polar surface area (TPSA) is 40.5 Å². The summed E-state index contributed by atoms with van der Waals surface area (Å²) in [6, 6.07) is 3.57. The van der Waals surface area contributed by atoms with Crippen molar-refractivity contribution in [1.82, 2.24) is 0 Å². The number of aryl methyl sites for hydroxylation is 1. The third-order valence-corrected chi connectivity index (χ3v) is 4.48. The Morgan fingerprint density at radius 3 is 1.55 bits per heavy atom. The van der Waals surface area contributed by atoms with E-state index in [0.717, 1.165) is 18.4 Å². The number of hydrogen-bond acceptors (Lipinski definition) is 2. The van der Waals surface area contributed by atoms with E-state index in [0.29, 0.717) is 5.56 Å². The molecule has 0 aromatic heterocycles. The highest BCUT2D eigenvalue weighted by Gasteiger charge is 2.05. The first-order valence-corrected chi connectivity index (χ1v) is 9.16. The molecule has 0 aliphatic rings. The van der Waals surface area contributed by atoms with E-state index in [1.54, 1.807) is 19.1 Å². The van der Waals surface area contributed by atoms with E-state index in [-0.39, 0.29) is 11.5 Å². The summed E-state index contributed by atoms with van der Waals surface area (Å²) in [5.74, 6) is 0.413. The van der Waals surface area contributed by atoms with Gasteiger partial charge in [0, 0.05) is 5.56 Å². The van der Waals surface area contributed by atoms with Crippen LogP contribution < -0.4 is 0 Å². The van der Waals surface area contributed by atoms with Gasteiger partial charge in [0.2, 0.25) is 0 Å². The number of aromatic hydroxyl groups is 2.